The number of carbonyl (C=O) groups is 2. The number of halogens is 2. The fourth-order valence-electron chi connectivity index (χ4n) is 2.72. The van der Waals surface area contributed by atoms with E-state index in [0.29, 0.717) is 32.5 Å². The van der Waals surface area contributed by atoms with Crippen LogP contribution in [0.25, 0.3) is 11.0 Å². The van der Waals surface area contributed by atoms with Crippen molar-refractivity contribution in [2.45, 2.75) is 13.0 Å². The fourth-order valence-corrected chi connectivity index (χ4v) is 3.21. The molecule has 29 heavy (non-hydrogen) atoms. The van der Waals surface area contributed by atoms with Crippen LogP contribution in [-0.2, 0) is 9.59 Å². The lowest BCUT2D eigenvalue weighted by Crippen LogP contribution is -2.43. The van der Waals surface area contributed by atoms with Gasteiger partial charge in [-0.05, 0) is 44.3 Å². The van der Waals surface area contributed by atoms with Crippen LogP contribution < -0.4 is 16.3 Å². The number of carbonyl (C=O) groups excluding carboxylic acids is 2. The zero-order valence-electron chi connectivity index (χ0n) is 15.7. The van der Waals surface area contributed by atoms with Crippen LogP contribution >= 0.6 is 23.2 Å². The van der Waals surface area contributed by atoms with Crippen molar-refractivity contribution in [2.75, 3.05) is 24.2 Å². The van der Waals surface area contributed by atoms with Crippen molar-refractivity contribution in [3.63, 3.8) is 0 Å². The van der Waals surface area contributed by atoms with Crippen molar-refractivity contribution in [2.24, 2.45) is 0 Å². The molecule has 0 spiro atoms. The van der Waals surface area contributed by atoms with Crippen molar-refractivity contribution < 1.29 is 9.59 Å². The highest BCUT2D eigenvalue weighted by Gasteiger charge is 2.21. The molecule has 10 heteroatoms. The van der Waals surface area contributed by atoms with E-state index in [0.717, 1.165) is 0 Å². The summed E-state index contributed by atoms with van der Waals surface area (Å²) in [6.45, 7) is 1.64. The van der Waals surface area contributed by atoms with Gasteiger partial charge in [0.15, 0.2) is 0 Å². The second-order valence-electron chi connectivity index (χ2n) is 6.56. The Morgan fingerprint density at radius 2 is 1.72 bits per heavy atom. The molecule has 3 rings (SSSR count). The molecule has 2 aromatic carbocycles. The van der Waals surface area contributed by atoms with Crippen LogP contribution in [0.2, 0.25) is 10.0 Å². The maximum absolute atomic E-state index is 12.5. The number of amides is 2. The first-order valence-electron chi connectivity index (χ1n) is 8.71. The van der Waals surface area contributed by atoms with Crippen molar-refractivity contribution in [3.8, 4) is 0 Å². The fraction of sp³-hybridized carbons (Fsp3) is 0.211. The van der Waals surface area contributed by atoms with Crippen LogP contribution in [-0.4, -0.2) is 46.3 Å². The molecule has 152 valence electrons. The van der Waals surface area contributed by atoms with Crippen LogP contribution in [0.15, 0.2) is 41.2 Å². The minimum atomic E-state index is -0.594. The lowest BCUT2D eigenvalue weighted by molar-refractivity contribution is -0.122. The smallest absolute Gasteiger partial charge is 0.323 e. The third kappa shape index (κ3) is 4.97. The van der Waals surface area contributed by atoms with Crippen LogP contribution in [0.3, 0.4) is 0 Å². The molecule has 0 saturated carbocycles. The molecular formula is C19H19Cl2N5O3. The summed E-state index contributed by atoms with van der Waals surface area (Å²) < 4.78 is 0. The first-order chi connectivity index (χ1) is 13.7. The molecule has 1 heterocycles. The van der Waals surface area contributed by atoms with E-state index in [1.165, 1.54) is 0 Å². The summed E-state index contributed by atoms with van der Waals surface area (Å²) in [6, 6.07) is 9.36. The van der Waals surface area contributed by atoms with Gasteiger partial charge in [0, 0.05) is 5.69 Å². The van der Waals surface area contributed by atoms with Gasteiger partial charge in [-0.25, -0.2) is 4.79 Å². The zero-order valence-corrected chi connectivity index (χ0v) is 17.2. The highest BCUT2D eigenvalue weighted by molar-refractivity contribution is 6.39. The van der Waals surface area contributed by atoms with E-state index in [2.05, 4.69) is 20.6 Å². The number of aromatic amines is 2. The topological polar surface area (TPSA) is 110 Å². The average Bonchev–Trinajstić information content (AvgIpc) is 3.03. The Labute approximate surface area is 176 Å². The number of fused-ring (bicyclic) bond motifs is 1. The largest absolute Gasteiger partial charge is 0.325 e. The molecular weight excluding hydrogens is 417 g/mol. The highest BCUT2D eigenvalue weighted by Crippen LogP contribution is 2.29. The van der Waals surface area contributed by atoms with E-state index in [4.69, 9.17) is 23.2 Å². The van der Waals surface area contributed by atoms with E-state index in [1.54, 1.807) is 55.3 Å². The maximum Gasteiger partial charge on any atom is 0.323 e. The summed E-state index contributed by atoms with van der Waals surface area (Å²) >= 11 is 12.1. The number of H-pyrrole nitrogens is 2. The molecule has 0 bridgehead atoms. The molecule has 0 saturated heterocycles. The Bertz CT molecular complexity index is 1100. The first kappa shape index (κ1) is 20.9. The van der Waals surface area contributed by atoms with E-state index < -0.39 is 6.04 Å². The second kappa shape index (κ2) is 8.69. The molecule has 1 unspecified atom stereocenters. The molecule has 1 aromatic heterocycles. The van der Waals surface area contributed by atoms with Gasteiger partial charge in [-0.1, -0.05) is 29.3 Å². The van der Waals surface area contributed by atoms with Gasteiger partial charge in [-0.15, -0.1) is 0 Å². The molecule has 4 N–H and O–H groups in total. The standard InChI is InChI=1S/C19H19Cl2N5O3/c1-10(18(28)22-11-6-7-14-15(8-11)24-19(29)23-14)26(2)9-16(27)25-17-12(20)4-3-5-13(17)21/h3-8,10H,9H2,1-2H3,(H,22,28)(H,25,27)(H2,23,24,29). The van der Waals surface area contributed by atoms with Crippen molar-refractivity contribution in [3.05, 3.63) is 56.9 Å². The Balaban J connectivity index is 1.60. The summed E-state index contributed by atoms with van der Waals surface area (Å²) in [5.74, 6) is -0.651. The average molecular weight is 436 g/mol. The lowest BCUT2D eigenvalue weighted by atomic mass is 10.2. The molecule has 0 fully saturated rings. The summed E-state index contributed by atoms with van der Waals surface area (Å²) in [5, 5.41) is 6.10. The van der Waals surface area contributed by atoms with Gasteiger partial charge in [0.25, 0.3) is 0 Å². The number of aromatic nitrogens is 2. The van der Waals surface area contributed by atoms with Gasteiger partial charge < -0.3 is 20.6 Å². The Hall–Kier alpha value is -2.81. The molecule has 0 aliphatic heterocycles. The van der Waals surface area contributed by atoms with Gasteiger partial charge in [0.05, 0.1) is 39.4 Å². The van der Waals surface area contributed by atoms with Crippen LogP contribution in [0.1, 0.15) is 6.92 Å². The van der Waals surface area contributed by atoms with E-state index in [-0.39, 0.29) is 24.0 Å². The quantitative estimate of drug-likeness (QED) is 0.476. The third-order valence-corrected chi connectivity index (χ3v) is 5.07. The number of nitrogens with one attached hydrogen (secondary N) is 4. The summed E-state index contributed by atoms with van der Waals surface area (Å²) in [5.41, 5.74) is 1.78. The number of hydrogen-bond acceptors (Lipinski definition) is 4. The number of rotatable bonds is 6. The van der Waals surface area contributed by atoms with Crippen molar-refractivity contribution in [1.82, 2.24) is 14.9 Å². The van der Waals surface area contributed by atoms with E-state index in [9.17, 15) is 14.4 Å². The minimum Gasteiger partial charge on any atom is -0.325 e. The normalized spacial score (nSPS) is 12.2. The Morgan fingerprint density at radius 3 is 2.41 bits per heavy atom. The van der Waals surface area contributed by atoms with Gasteiger partial charge in [-0.3, -0.25) is 14.5 Å². The molecule has 2 amide bonds. The molecule has 8 nitrogen and oxygen atoms in total. The molecule has 1 atom stereocenters. The number of benzene rings is 2. The Morgan fingerprint density at radius 1 is 1.07 bits per heavy atom. The maximum atomic E-state index is 12.5. The van der Waals surface area contributed by atoms with Crippen molar-refractivity contribution in [1.29, 1.82) is 0 Å². The van der Waals surface area contributed by atoms with Crippen LogP contribution in [0, 0.1) is 0 Å². The van der Waals surface area contributed by atoms with Gasteiger partial charge >= 0.3 is 5.69 Å². The monoisotopic (exact) mass is 435 g/mol. The summed E-state index contributed by atoms with van der Waals surface area (Å²) in [6.07, 6.45) is 0. The molecule has 3 aromatic rings. The number of nitrogens with zero attached hydrogens (tertiary/aromatic N) is 1. The lowest BCUT2D eigenvalue weighted by Gasteiger charge is -2.23. The minimum absolute atomic E-state index is 0.0414. The van der Waals surface area contributed by atoms with E-state index >= 15 is 0 Å². The SMILES string of the molecule is CC(C(=O)Nc1ccc2[nH]c(=O)[nH]c2c1)N(C)CC(=O)Nc1c(Cl)cccc1Cl. The second-order valence-corrected chi connectivity index (χ2v) is 7.38. The molecule has 0 radical (unpaired) electrons. The number of imidazole rings is 1. The predicted molar refractivity (Wildman–Crippen MR) is 115 cm³/mol. The third-order valence-electron chi connectivity index (χ3n) is 4.44. The zero-order chi connectivity index (χ0) is 21.1. The summed E-state index contributed by atoms with van der Waals surface area (Å²) in [4.78, 5) is 43.1. The van der Waals surface area contributed by atoms with Gasteiger partial charge in [0.1, 0.15) is 0 Å². The number of likely N-dealkylation sites (N-methyl/N-ethyl adjacent to an activating group) is 1. The number of anilines is 2. The van der Waals surface area contributed by atoms with Gasteiger partial charge in [0.2, 0.25) is 11.8 Å². The van der Waals surface area contributed by atoms with Crippen LogP contribution in [0.4, 0.5) is 11.4 Å². The Kier molecular flexibility index (Phi) is 6.26. The van der Waals surface area contributed by atoms with Crippen LogP contribution in [0.5, 0.6) is 0 Å². The molecule has 0 aliphatic carbocycles. The van der Waals surface area contributed by atoms with E-state index in [1.807, 2.05) is 0 Å². The number of para-hydroxylation sites is 1. The number of hydrogen-bond donors (Lipinski definition) is 4. The summed E-state index contributed by atoms with van der Waals surface area (Å²) in [7, 11) is 1.66. The van der Waals surface area contributed by atoms with Gasteiger partial charge in [-0.2, -0.15) is 0 Å². The predicted octanol–water partition coefficient (Wildman–Crippen LogP) is 3.06. The van der Waals surface area contributed by atoms with Crippen molar-refractivity contribution >= 4 is 57.4 Å². The highest BCUT2D eigenvalue weighted by atomic mass is 35.5. The first-order valence-corrected chi connectivity index (χ1v) is 9.47. The molecule has 0 aliphatic rings.